The van der Waals surface area contributed by atoms with Crippen LogP contribution in [0.25, 0.3) is 0 Å². The topological polar surface area (TPSA) is 29.5 Å². The number of nitrogens with zero attached hydrogens (tertiary/aromatic N) is 1. The van der Waals surface area contributed by atoms with E-state index in [9.17, 15) is 4.79 Å². The van der Waals surface area contributed by atoms with Gasteiger partial charge in [0.05, 0.1) is 6.54 Å². The molecular weight excluding hydrogens is 270 g/mol. The maximum Gasteiger partial charge on any atom is 0.253 e. The van der Waals surface area contributed by atoms with Crippen molar-refractivity contribution in [2.75, 3.05) is 13.7 Å². The van der Waals surface area contributed by atoms with Crippen LogP contribution in [0.15, 0.2) is 54.4 Å². The van der Waals surface area contributed by atoms with Gasteiger partial charge in [-0.2, -0.15) is 0 Å². The van der Waals surface area contributed by atoms with Crippen LogP contribution in [0.5, 0.6) is 5.75 Å². The van der Waals surface area contributed by atoms with Gasteiger partial charge in [-0.3, -0.25) is 4.79 Å². The summed E-state index contributed by atoms with van der Waals surface area (Å²) in [5.41, 5.74) is 0.662. The molecule has 0 aliphatic carbocycles. The molecule has 0 fully saturated rings. The molecule has 0 N–H and O–H groups in total. The van der Waals surface area contributed by atoms with Gasteiger partial charge in [0.25, 0.3) is 5.91 Å². The van der Waals surface area contributed by atoms with Gasteiger partial charge < -0.3 is 9.64 Å². The molecule has 0 aliphatic heterocycles. The summed E-state index contributed by atoms with van der Waals surface area (Å²) in [4.78, 5) is 15.2. The number of hydrogen-bond acceptors (Lipinski definition) is 3. The smallest absolute Gasteiger partial charge is 0.253 e. The van der Waals surface area contributed by atoms with E-state index in [1.54, 1.807) is 46.6 Å². The van der Waals surface area contributed by atoms with Crippen molar-refractivity contribution >= 4 is 17.2 Å². The van der Waals surface area contributed by atoms with Gasteiger partial charge in [-0.05, 0) is 35.7 Å². The van der Waals surface area contributed by atoms with Crippen LogP contribution in [0.3, 0.4) is 0 Å². The Kier molecular flexibility index (Phi) is 4.96. The molecule has 1 amide bonds. The van der Waals surface area contributed by atoms with Crippen molar-refractivity contribution in [1.82, 2.24) is 4.90 Å². The Morgan fingerprint density at radius 3 is 2.70 bits per heavy atom. The highest BCUT2D eigenvalue weighted by atomic mass is 32.1. The van der Waals surface area contributed by atoms with E-state index in [-0.39, 0.29) is 5.91 Å². The number of rotatable bonds is 6. The molecule has 0 atom stereocenters. The quantitative estimate of drug-likeness (QED) is 0.760. The van der Waals surface area contributed by atoms with Crippen molar-refractivity contribution in [3.05, 3.63) is 64.9 Å². The fourth-order valence-electron chi connectivity index (χ4n) is 1.78. The Morgan fingerprint density at radius 1 is 1.35 bits per heavy atom. The van der Waals surface area contributed by atoms with E-state index in [0.717, 1.165) is 5.75 Å². The SMILES string of the molecule is C=CCOc1ccc(C(=O)N(C)Cc2cccs2)cc1. The van der Waals surface area contributed by atoms with E-state index < -0.39 is 0 Å². The van der Waals surface area contributed by atoms with Crippen molar-refractivity contribution in [3.63, 3.8) is 0 Å². The summed E-state index contributed by atoms with van der Waals surface area (Å²) in [5, 5.41) is 2.01. The van der Waals surface area contributed by atoms with Gasteiger partial charge in [0.1, 0.15) is 12.4 Å². The number of carbonyl (C=O) groups excluding carboxylic acids is 1. The van der Waals surface area contributed by atoms with Gasteiger partial charge >= 0.3 is 0 Å². The summed E-state index contributed by atoms with van der Waals surface area (Å²) < 4.78 is 5.39. The lowest BCUT2D eigenvalue weighted by Gasteiger charge is -2.16. The van der Waals surface area contributed by atoms with Crippen LogP contribution >= 0.6 is 11.3 Å². The highest BCUT2D eigenvalue weighted by Gasteiger charge is 2.12. The summed E-state index contributed by atoms with van der Waals surface area (Å²) in [6, 6.07) is 11.2. The van der Waals surface area contributed by atoms with E-state index in [2.05, 4.69) is 6.58 Å². The first-order valence-corrected chi connectivity index (χ1v) is 7.20. The molecule has 1 aromatic heterocycles. The molecule has 0 aliphatic rings. The molecular formula is C16H17NO2S. The van der Waals surface area contributed by atoms with Crippen LogP contribution in [0, 0.1) is 0 Å². The molecule has 3 nitrogen and oxygen atoms in total. The molecule has 0 unspecified atom stereocenters. The van der Waals surface area contributed by atoms with Gasteiger partial charge in [0.2, 0.25) is 0 Å². The highest BCUT2D eigenvalue weighted by Crippen LogP contribution is 2.16. The minimum Gasteiger partial charge on any atom is -0.490 e. The molecule has 104 valence electrons. The predicted molar refractivity (Wildman–Crippen MR) is 82.3 cm³/mol. The lowest BCUT2D eigenvalue weighted by atomic mass is 10.2. The van der Waals surface area contributed by atoms with Gasteiger partial charge in [-0.25, -0.2) is 0 Å². The van der Waals surface area contributed by atoms with Crippen LogP contribution in [0.2, 0.25) is 0 Å². The van der Waals surface area contributed by atoms with E-state index >= 15 is 0 Å². The third kappa shape index (κ3) is 3.71. The number of hydrogen-bond donors (Lipinski definition) is 0. The third-order valence-electron chi connectivity index (χ3n) is 2.79. The maximum atomic E-state index is 12.3. The zero-order valence-electron chi connectivity index (χ0n) is 11.4. The van der Waals surface area contributed by atoms with Crippen LogP contribution in [0.4, 0.5) is 0 Å². The number of carbonyl (C=O) groups is 1. The Bertz CT molecular complexity index is 561. The molecule has 20 heavy (non-hydrogen) atoms. The maximum absolute atomic E-state index is 12.3. The fourth-order valence-corrected chi connectivity index (χ4v) is 2.53. The first-order chi connectivity index (χ1) is 9.70. The zero-order chi connectivity index (χ0) is 14.4. The summed E-state index contributed by atoms with van der Waals surface area (Å²) in [6.07, 6.45) is 1.69. The number of amides is 1. The molecule has 0 radical (unpaired) electrons. The van der Waals surface area contributed by atoms with Crippen molar-refractivity contribution in [2.24, 2.45) is 0 Å². The average molecular weight is 287 g/mol. The number of ether oxygens (including phenoxy) is 1. The van der Waals surface area contributed by atoms with Crippen molar-refractivity contribution in [1.29, 1.82) is 0 Å². The second-order valence-electron chi connectivity index (χ2n) is 4.36. The standard InChI is InChI=1S/C16H17NO2S/c1-3-10-19-14-8-6-13(7-9-14)16(18)17(2)12-15-5-4-11-20-15/h3-9,11H,1,10,12H2,2H3. The van der Waals surface area contributed by atoms with Crippen LogP contribution < -0.4 is 4.74 Å². The van der Waals surface area contributed by atoms with E-state index in [4.69, 9.17) is 4.74 Å². The minimum absolute atomic E-state index is 0.00803. The second kappa shape index (κ2) is 6.91. The molecule has 0 saturated heterocycles. The van der Waals surface area contributed by atoms with Crippen molar-refractivity contribution in [3.8, 4) is 5.75 Å². The monoisotopic (exact) mass is 287 g/mol. The largest absolute Gasteiger partial charge is 0.490 e. The molecule has 1 aromatic carbocycles. The lowest BCUT2D eigenvalue weighted by molar-refractivity contribution is 0.0786. The van der Waals surface area contributed by atoms with E-state index in [1.807, 2.05) is 24.6 Å². The van der Waals surface area contributed by atoms with Gasteiger partial charge in [0, 0.05) is 17.5 Å². The summed E-state index contributed by atoms with van der Waals surface area (Å²) in [6.45, 7) is 4.69. The van der Waals surface area contributed by atoms with Crippen LogP contribution in [0.1, 0.15) is 15.2 Å². The predicted octanol–water partition coefficient (Wildman–Crippen LogP) is 3.59. The molecule has 1 heterocycles. The van der Waals surface area contributed by atoms with Gasteiger partial charge in [-0.1, -0.05) is 18.7 Å². The normalized spacial score (nSPS) is 10.1. The Labute approximate surface area is 123 Å². The highest BCUT2D eigenvalue weighted by molar-refractivity contribution is 7.09. The van der Waals surface area contributed by atoms with Crippen molar-refractivity contribution in [2.45, 2.75) is 6.54 Å². The van der Waals surface area contributed by atoms with Crippen LogP contribution in [-0.2, 0) is 6.54 Å². The second-order valence-corrected chi connectivity index (χ2v) is 5.40. The van der Waals surface area contributed by atoms with Gasteiger partial charge in [0.15, 0.2) is 0 Å². The molecule has 0 saturated carbocycles. The first-order valence-electron chi connectivity index (χ1n) is 6.32. The Hall–Kier alpha value is -2.07. The zero-order valence-corrected chi connectivity index (χ0v) is 12.2. The van der Waals surface area contributed by atoms with Gasteiger partial charge in [-0.15, -0.1) is 11.3 Å². The Morgan fingerprint density at radius 2 is 2.10 bits per heavy atom. The summed E-state index contributed by atoms with van der Waals surface area (Å²) >= 11 is 1.65. The number of thiophene rings is 1. The first kappa shape index (κ1) is 14.3. The summed E-state index contributed by atoms with van der Waals surface area (Å²) in [7, 11) is 1.81. The Balaban J connectivity index is 1.99. The molecule has 0 spiro atoms. The molecule has 4 heteroatoms. The van der Waals surface area contributed by atoms with Crippen LogP contribution in [-0.4, -0.2) is 24.5 Å². The van der Waals surface area contributed by atoms with E-state index in [0.29, 0.717) is 18.7 Å². The molecule has 2 aromatic rings. The molecule has 2 rings (SSSR count). The molecule has 0 bridgehead atoms. The average Bonchev–Trinajstić information content (AvgIpc) is 2.97. The lowest BCUT2D eigenvalue weighted by Crippen LogP contribution is -2.25. The van der Waals surface area contributed by atoms with E-state index in [1.165, 1.54) is 4.88 Å². The fraction of sp³-hybridized carbons (Fsp3) is 0.188. The van der Waals surface area contributed by atoms with Crippen molar-refractivity contribution < 1.29 is 9.53 Å². The number of benzene rings is 1. The summed E-state index contributed by atoms with van der Waals surface area (Å²) in [5.74, 6) is 0.746. The third-order valence-corrected chi connectivity index (χ3v) is 3.65. The minimum atomic E-state index is 0.00803.